The molecule has 0 bridgehead atoms. The minimum Gasteiger partial charge on any atom is -0.469 e. The molecule has 2 aromatic rings. The molecule has 1 aliphatic carbocycles. The summed E-state index contributed by atoms with van der Waals surface area (Å²) in [6.45, 7) is 2.82. The van der Waals surface area contributed by atoms with E-state index < -0.39 is 0 Å². The summed E-state index contributed by atoms with van der Waals surface area (Å²) in [4.78, 5) is 8.27. The predicted octanol–water partition coefficient (Wildman–Crippen LogP) is 3.02. The molecule has 0 fully saturated rings. The van der Waals surface area contributed by atoms with Crippen LogP contribution in [0.25, 0.3) is 0 Å². The van der Waals surface area contributed by atoms with Gasteiger partial charge in [-0.05, 0) is 32.3 Å². The van der Waals surface area contributed by atoms with Crippen LogP contribution in [-0.4, -0.2) is 12.0 Å². The van der Waals surface area contributed by atoms with Gasteiger partial charge in [0.25, 0.3) is 0 Å². The SMILES string of the molecule is Cc1occc1CN(C)c1nc2c(s1)CCCC2N. The third-order valence-corrected chi connectivity index (χ3v) is 4.93. The van der Waals surface area contributed by atoms with Gasteiger partial charge in [0.15, 0.2) is 5.13 Å². The summed E-state index contributed by atoms with van der Waals surface area (Å²) < 4.78 is 5.34. The van der Waals surface area contributed by atoms with E-state index in [4.69, 9.17) is 15.1 Å². The van der Waals surface area contributed by atoms with Gasteiger partial charge in [-0.25, -0.2) is 4.98 Å². The maximum Gasteiger partial charge on any atom is 0.185 e. The second-order valence-corrected chi connectivity index (χ2v) is 6.22. The first-order chi connectivity index (χ1) is 9.15. The summed E-state index contributed by atoms with van der Waals surface area (Å²) in [5.74, 6) is 0.977. The second kappa shape index (κ2) is 4.98. The van der Waals surface area contributed by atoms with Crippen LogP contribution in [0, 0.1) is 6.92 Å². The molecule has 0 radical (unpaired) electrons. The summed E-state index contributed by atoms with van der Waals surface area (Å²) in [6.07, 6.45) is 5.10. The van der Waals surface area contributed by atoms with Crippen LogP contribution in [-0.2, 0) is 13.0 Å². The van der Waals surface area contributed by atoms with E-state index in [1.165, 1.54) is 16.9 Å². The average Bonchev–Trinajstić information content (AvgIpc) is 2.97. The molecule has 2 N–H and O–H groups in total. The van der Waals surface area contributed by atoms with Crippen LogP contribution in [0.3, 0.4) is 0 Å². The molecule has 1 atom stereocenters. The molecule has 0 amide bonds. The van der Waals surface area contributed by atoms with Crippen LogP contribution in [0.4, 0.5) is 5.13 Å². The summed E-state index contributed by atoms with van der Waals surface area (Å²) >= 11 is 1.78. The van der Waals surface area contributed by atoms with Crippen LogP contribution >= 0.6 is 11.3 Å². The molecule has 0 spiro atoms. The monoisotopic (exact) mass is 277 g/mol. The molecule has 0 aromatic carbocycles. The lowest BCUT2D eigenvalue weighted by molar-refractivity contribution is 0.529. The van der Waals surface area contributed by atoms with E-state index in [0.29, 0.717) is 0 Å². The van der Waals surface area contributed by atoms with Crippen LogP contribution < -0.4 is 10.6 Å². The largest absolute Gasteiger partial charge is 0.469 e. The van der Waals surface area contributed by atoms with Gasteiger partial charge in [0.1, 0.15) is 5.76 Å². The fourth-order valence-corrected chi connectivity index (χ4v) is 3.63. The minimum absolute atomic E-state index is 0.123. The highest BCUT2D eigenvalue weighted by Crippen LogP contribution is 2.35. The molecule has 2 aromatic heterocycles. The first-order valence-electron chi connectivity index (χ1n) is 6.64. The van der Waals surface area contributed by atoms with Gasteiger partial charge in [0.2, 0.25) is 0 Å². The molecule has 1 aliphatic rings. The zero-order valence-electron chi connectivity index (χ0n) is 11.3. The number of furan rings is 1. The van der Waals surface area contributed by atoms with E-state index >= 15 is 0 Å². The van der Waals surface area contributed by atoms with Gasteiger partial charge in [-0.15, -0.1) is 11.3 Å². The molecular weight excluding hydrogens is 258 g/mol. The summed E-state index contributed by atoms with van der Waals surface area (Å²) in [5.41, 5.74) is 8.45. The van der Waals surface area contributed by atoms with Gasteiger partial charge in [0, 0.05) is 30.1 Å². The lowest BCUT2D eigenvalue weighted by atomic mass is 9.99. The number of nitrogens with two attached hydrogens (primary N) is 1. The van der Waals surface area contributed by atoms with Crippen molar-refractivity contribution in [3.8, 4) is 0 Å². The fourth-order valence-electron chi connectivity index (χ4n) is 2.50. The second-order valence-electron chi connectivity index (χ2n) is 5.16. The standard InChI is InChI=1S/C14H19N3OS/c1-9-10(6-7-18-9)8-17(2)14-16-13-11(15)4-3-5-12(13)19-14/h6-7,11H,3-5,8,15H2,1-2H3. The average molecular weight is 277 g/mol. The first kappa shape index (κ1) is 12.7. The van der Waals surface area contributed by atoms with Crippen molar-refractivity contribution in [2.24, 2.45) is 5.73 Å². The Hall–Kier alpha value is -1.33. The first-order valence-corrected chi connectivity index (χ1v) is 7.46. The Balaban J connectivity index is 1.81. The number of fused-ring (bicyclic) bond motifs is 1. The lowest BCUT2D eigenvalue weighted by Crippen LogP contribution is -2.18. The highest BCUT2D eigenvalue weighted by atomic mass is 32.1. The highest BCUT2D eigenvalue weighted by Gasteiger charge is 2.23. The third kappa shape index (κ3) is 2.40. The van der Waals surface area contributed by atoms with E-state index in [9.17, 15) is 0 Å². The number of hydrogen-bond acceptors (Lipinski definition) is 5. The van der Waals surface area contributed by atoms with Crippen LogP contribution in [0.1, 0.15) is 40.8 Å². The Labute approximate surface area is 117 Å². The van der Waals surface area contributed by atoms with E-state index in [1.54, 1.807) is 17.6 Å². The minimum atomic E-state index is 0.123. The van der Waals surface area contributed by atoms with Crippen molar-refractivity contribution in [2.75, 3.05) is 11.9 Å². The zero-order chi connectivity index (χ0) is 13.4. The Kier molecular flexibility index (Phi) is 3.33. The van der Waals surface area contributed by atoms with E-state index in [-0.39, 0.29) is 6.04 Å². The third-order valence-electron chi connectivity index (χ3n) is 3.69. The van der Waals surface area contributed by atoms with Crippen LogP contribution in [0.5, 0.6) is 0 Å². The maximum atomic E-state index is 6.13. The van der Waals surface area contributed by atoms with Crippen LogP contribution in [0.2, 0.25) is 0 Å². The molecular formula is C14H19N3OS. The van der Waals surface area contributed by atoms with Crippen molar-refractivity contribution in [3.05, 3.63) is 34.2 Å². The molecule has 0 saturated carbocycles. The highest BCUT2D eigenvalue weighted by molar-refractivity contribution is 7.15. The molecule has 19 heavy (non-hydrogen) atoms. The molecule has 1 unspecified atom stereocenters. The normalized spacial score (nSPS) is 18.4. The van der Waals surface area contributed by atoms with Crippen molar-refractivity contribution < 1.29 is 4.42 Å². The number of anilines is 1. The zero-order valence-corrected chi connectivity index (χ0v) is 12.2. The van der Waals surface area contributed by atoms with Crippen LogP contribution in [0.15, 0.2) is 16.7 Å². The number of aryl methyl sites for hydroxylation is 2. The number of aromatic nitrogens is 1. The van der Waals surface area contributed by atoms with Gasteiger partial charge in [-0.1, -0.05) is 0 Å². The Morgan fingerprint density at radius 1 is 1.58 bits per heavy atom. The van der Waals surface area contributed by atoms with Gasteiger partial charge in [0.05, 0.1) is 12.0 Å². The van der Waals surface area contributed by atoms with E-state index in [0.717, 1.165) is 36.0 Å². The van der Waals surface area contributed by atoms with Crippen molar-refractivity contribution in [3.63, 3.8) is 0 Å². The van der Waals surface area contributed by atoms with Crippen molar-refractivity contribution in [1.29, 1.82) is 0 Å². The quantitative estimate of drug-likeness (QED) is 0.937. The molecule has 0 saturated heterocycles. The smallest absolute Gasteiger partial charge is 0.185 e. The molecule has 4 nitrogen and oxygen atoms in total. The van der Waals surface area contributed by atoms with Gasteiger partial charge in [-0.2, -0.15) is 0 Å². The summed E-state index contributed by atoms with van der Waals surface area (Å²) in [6, 6.07) is 2.14. The number of nitrogens with zero attached hydrogens (tertiary/aromatic N) is 2. The number of hydrogen-bond donors (Lipinski definition) is 1. The molecule has 3 rings (SSSR count). The summed E-state index contributed by atoms with van der Waals surface area (Å²) in [5, 5.41) is 1.06. The van der Waals surface area contributed by atoms with Crippen molar-refractivity contribution >= 4 is 16.5 Å². The predicted molar refractivity (Wildman–Crippen MR) is 77.5 cm³/mol. The van der Waals surface area contributed by atoms with Gasteiger partial charge in [-0.3, -0.25) is 0 Å². The Morgan fingerprint density at radius 3 is 3.11 bits per heavy atom. The van der Waals surface area contributed by atoms with Gasteiger partial charge >= 0.3 is 0 Å². The lowest BCUT2D eigenvalue weighted by Gasteiger charge is -2.16. The molecule has 0 aliphatic heterocycles. The Bertz CT molecular complexity index is 575. The molecule has 5 heteroatoms. The van der Waals surface area contributed by atoms with E-state index in [2.05, 4.69) is 11.9 Å². The molecule has 102 valence electrons. The van der Waals surface area contributed by atoms with Gasteiger partial charge < -0.3 is 15.1 Å². The Morgan fingerprint density at radius 2 is 2.42 bits per heavy atom. The fraction of sp³-hybridized carbons (Fsp3) is 0.500. The van der Waals surface area contributed by atoms with Crippen molar-refractivity contribution in [2.45, 2.75) is 38.8 Å². The van der Waals surface area contributed by atoms with E-state index in [1.807, 2.05) is 13.0 Å². The topological polar surface area (TPSA) is 55.3 Å². The number of rotatable bonds is 3. The number of thiazole rings is 1. The molecule has 2 heterocycles. The summed E-state index contributed by atoms with van der Waals surface area (Å²) in [7, 11) is 2.07. The maximum absolute atomic E-state index is 6.13. The van der Waals surface area contributed by atoms with Crippen molar-refractivity contribution in [1.82, 2.24) is 4.98 Å².